The molecule has 1 fully saturated rings. The van der Waals surface area contributed by atoms with Gasteiger partial charge in [0, 0.05) is 45.0 Å². The van der Waals surface area contributed by atoms with Gasteiger partial charge >= 0.3 is 5.69 Å². The molecule has 0 unspecified atom stereocenters. The molecule has 1 aromatic heterocycles. The molecule has 2 aromatic rings. The molecule has 9 nitrogen and oxygen atoms in total. The summed E-state index contributed by atoms with van der Waals surface area (Å²) in [6, 6.07) is 6.29. The van der Waals surface area contributed by atoms with Crippen LogP contribution in [0.15, 0.2) is 30.6 Å². The van der Waals surface area contributed by atoms with E-state index in [0.29, 0.717) is 32.7 Å². The van der Waals surface area contributed by atoms with Crippen LogP contribution < -0.4 is 14.7 Å². The van der Waals surface area contributed by atoms with Crippen LogP contribution in [0.1, 0.15) is 6.92 Å². The molecule has 0 amide bonds. The molecule has 3 rings (SSSR count). The highest BCUT2D eigenvalue weighted by atomic mass is 19.1. The van der Waals surface area contributed by atoms with E-state index < -0.39 is 4.92 Å². The van der Waals surface area contributed by atoms with Crippen molar-refractivity contribution in [1.82, 2.24) is 9.97 Å². The minimum atomic E-state index is -0.461. The molecule has 0 atom stereocenters. The van der Waals surface area contributed by atoms with Crippen LogP contribution in [0.3, 0.4) is 0 Å². The normalized spacial score (nSPS) is 14.2. The summed E-state index contributed by atoms with van der Waals surface area (Å²) < 4.78 is 13.1. The molecule has 2 heterocycles. The van der Waals surface area contributed by atoms with Gasteiger partial charge in [0.05, 0.1) is 11.5 Å². The summed E-state index contributed by atoms with van der Waals surface area (Å²) in [5.41, 5.74) is 0.770. The molecule has 0 bridgehead atoms. The van der Waals surface area contributed by atoms with Crippen molar-refractivity contribution < 1.29 is 14.4 Å². The molecule has 0 radical (unpaired) electrons. The Kier molecular flexibility index (Phi) is 6.19. The van der Waals surface area contributed by atoms with Crippen molar-refractivity contribution in [3.05, 3.63) is 46.5 Å². The lowest BCUT2D eigenvalue weighted by molar-refractivity contribution is -0.383. The predicted molar refractivity (Wildman–Crippen MR) is 104 cm³/mol. The summed E-state index contributed by atoms with van der Waals surface area (Å²) in [5, 5.41) is 21.0. The zero-order chi connectivity index (χ0) is 20.1. The maximum atomic E-state index is 13.1. The number of rotatable bonds is 7. The summed E-state index contributed by atoms with van der Waals surface area (Å²) >= 11 is 0. The van der Waals surface area contributed by atoms with Gasteiger partial charge < -0.3 is 19.8 Å². The van der Waals surface area contributed by atoms with Crippen LogP contribution in [0.4, 0.5) is 27.4 Å². The largest absolute Gasteiger partial charge is 0.395 e. The fraction of sp³-hybridized carbons (Fsp3) is 0.444. The monoisotopic (exact) mass is 390 g/mol. The Morgan fingerprint density at radius 3 is 2.39 bits per heavy atom. The van der Waals surface area contributed by atoms with Crippen LogP contribution in [0.25, 0.3) is 0 Å². The highest BCUT2D eigenvalue weighted by Gasteiger charge is 2.31. The van der Waals surface area contributed by atoms with E-state index >= 15 is 0 Å². The van der Waals surface area contributed by atoms with Gasteiger partial charge in [-0.15, -0.1) is 0 Å². The lowest BCUT2D eigenvalue weighted by Gasteiger charge is -2.36. The lowest BCUT2D eigenvalue weighted by atomic mass is 10.2. The number of hydrogen-bond acceptors (Lipinski definition) is 8. The van der Waals surface area contributed by atoms with Crippen LogP contribution in [-0.4, -0.2) is 65.9 Å². The van der Waals surface area contributed by atoms with E-state index in [-0.39, 0.29) is 36.3 Å². The number of aliphatic hydroxyl groups is 1. The second-order valence-corrected chi connectivity index (χ2v) is 6.38. The van der Waals surface area contributed by atoms with E-state index in [1.807, 2.05) is 11.8 Å². The average molecular weight is 390 g/mol. The average Bonchev–Trinajstić information content (AvgIpc) is 2.72. The van der Waals surface area contributed by atoms with Gasteiger partial charge in [-0.2, -0.15) is 0 Å². The summed E-state index contributed by atoms with van der Waals surface area (Å²) in [6.45, 7) is 4.82. The Morgan fingerprint density at radius 1 is 1.18 bits per heavy atom. The van der Waals surface area contributed by atoms with Gasteiger partial charge in [0.1, 0.15) is 12.1 Å². The third-order valence-electron chi connectivity index (χ3n) is 4.79. The lowest BCUT2D eigenvalue weighted by Crippen LogP contribution is -2.47. The number of nitro groups is 1. The molecule has 0 saturated carbocycles. The molecular formula is C18H23FN6O3. The predicted octanol–water partition coefficient (Wildman–Crippen LogP) is 1.67. The molecule has 150 valence electrons. The zero-order valence-electron chi connectivity index (χ0n) is 15.7. The van der Waals surface area contributed by atoms with E-state index in [2.05, 4.69) is 14.9 Å². The highest BCUT2D eigenvalue weighted by Crippen LogP contribution is 2.34. The maximum Gasteiger partial charge on any atom is 0.353 e. The summed E-state index contributed by atoms with van der Waals surface area (Å²) in [5.74, 6) is 0.215. The number of aromatic nitrogens is 2. The first kappa shape index (κ1) is 19.7. The first-order chi connectivity index (χ1) is 13.5. The number of likely N-dealkylation sites (N-methyl/N-ethyl adjacent to an activating group) is 1. The molecule has 28 heavy (non-hydrogen) atoms. The number of nitrogens with zero attached hydrogens (tertiary/aromatic N) is 6. The standard InChI is InChI=1S/C18H23FN6O3/c1-2-22(11-12-26)17-16(25(27)28)18(21-13-20-17)24-9-7-23(8-10-24)15-5-3-14(19)4-6-15/h3-6,13,26H,2,7-12H2,1H3. The van der Waals surface area contributed by atoms with E-state index in [0.717, 1.165) is 5.69 Å². The number of aliphatic hydroxyl groups excluding tert-OH is 1. The van der Waals surface area contributed by atoms with Crippen molar-refractivity contribution in [2.45, 2.75) is 6.92 Å². The summed E-state index contributed by atoms with van der Waals surface area (Å²) in [7, 11) is 0. The number of halogens is 1. The fourth-order valence-electron chi connectivity index (χ4n) is 3.35. The minimum Gasteiger partial charge on any atom is -0.395 e. The number of hydrogen-bond donors (Lipinski definition) is 1. The minimum absolute atomic E-state index is 0.124. The third kappa shape index (κ3) is 4.11. The van der Waals surface area contributed by atoms with Crippen LogP contribution in [0, 0.1) is 15.9 Å². The first-order valence-corrected chi connectivity index (χ1v) is 9.15. The van der Waals surface area contributed by atoms with Crippen LogP contribution in [0.2, 0.25) is 0 Å². The van der Waals surface area contributed by atoms with E-state index in [1.165, 1.54) is 18.5 Å². The molecule has 1 aliphatic rings. The Labute approximate surface area is 162 Å². The van der Waals surface area contributed by atoms with Gasteiger partial charge in [0.25, 0.3) is 0 Å². The van der Waals surface area contributed by atoms with Gasteiger partial charge in [-0.25, -0.2) is 14.4 Å². The van der Waals surface area contributed by atoms with Gasteiger partial charge in [0.15, 0.2) is 0 Å². The second-order valence-electron chi connectivity index (χ2n) is 6.38. The molecule has 1 aliphatic heterocycles. The Bertz CT molecular complexity index is 811. The summed E-state index contributed by atoms with van der Waals surface area (Å²) in [4.78, 5) is 25.3. The zero-order valence-corrected chi connectivity index (χ0v) is 15.7. The van der Waals surface area contributed by atoms with Crippen LogP contribution in [-0.2, 0) is 0 Å². The molecule has 0 aliphatic carbocycles. The van der Waals surface area contributed by atoms with Crippen molar-refractivity contribution in [2.75, 3.05) is 60.6 Å². The van der Waals surface area contributed by atoms with Crippen molar-refractivity contribution >= 4 is 23.0 Å². The molecule has 1 aromatic carbocycles. The number of piperazine rings is 1. The molecule has 0 spiro atoms. The van der Waals surface area contributed by atoms with E-state index in [4.69, 9.17) is 0 Å². The van der Waals surface area contributed by atoms with Crippen LogP contribution in [0.5, 0.6) is 0 Å². The summed E-state index contributed by atoms with van der Waals surface area (Å²) in [6.07, 6.45) is 1.32. The second kappa shape index (κ2) is 8.79. The van der Waals surface area contributed by atoms with Gasteiger partial charge in [-0.3, -0.25) is 10.1 Å². The molecule has 1 saturated heterocycles. The van der Waals surface area contributed by atoms with Crippen LogP contribution >= 0.6 is 0 Å². The highest BCUT2D eigenvalue weighted by molar-refractivity contribution is 5.71. The topological polar surface area (TPSA) is 98.9 Å². The Morgan fingerprint density at radius 2 is 1.82 bits per heavy atom. The number of benzene rings is 1. The smallest absolute Gasteiger partial charge is 0.353 e. The van der Waals surface area contributed by atoms with Crippen molar-refractivity contribution in [2.24, 2.45) is 0 Å². The number of anilines is 3. The molecule has 10 heteroatoms. The fourth-order valence-corrected chi connectivity index (χ4v) is 3.35. The molecule has 1 N–H and O–H groups in total. The van der Waals surface area contributed by atoms with E-state index in [1.54, 1.807) is 17.0 Å². The quantitative estimate of drug-likeness (QED) is 0.563. The first-order valence-electron chi connectivity index (χ1n) is 9.15. The SMILES string of the molecule is CCN(CCO)c1ncnc(N2CCN(c3ccc(F)cc3)CC2)c1[N+](=O)[O-]. The Balaban J connectivity index is 1.82. The van der Waals surface area contributed by atoms with Crippen molar-refractivity contribution in [3.63, 3.8) is 0 Å². The molecular weight excluding hydrogens is 367 g/mol. The van der Waals surface area contributed by atoms with Gasteiger partial charge in [0.2, 0.25) is 11.6 Å². The third-order valence-corrected chi connectivity index (χ3v) is 4.79. The van der Waals surface area contributed by atoms with Crippen molar-refractivity contribution in [1.29, 1.82) is 0 Å². The van der Waals surface area contributed by atoms with Gasteiger partial charge in [-0.1, -0.05) is 0 Å². The van der Waals surface area contributed by atoms with Gasteiger partial charge in [-0.05, 0) is 31.2 Å². The maximum absolute atomic E-state index is 13.1. The Hall–Kier alpha value is -3.01. The van der Waals surface area contributed by atoms with Crippen molar-refractivity contribution in [3.8, 4) is 0 Å². The van der Waals surface area contributed by atoms with E-state index in [9.17, 15) is 19.6 Å².